The average Bonchev–Trinajstić information content (AvgIpc) is 3.55. The number of thioether (sulfide) groups is 1. The zero-order valence-electron chi connectivity index (χ0n) is 22.7. The maximum atomic E-state index is 14.8. The number of hydrogen-bond acceptors (Lipinski definition) is 6. The van der Waals surface area contributed by atoms with Gasteiger partial charge in [-0.15, -0.1) is 0 Å². The zero-order chi connectivity index (χ0) is 27.9. The van der Waals surface area contributed by atoms with E-state index in [9.17, 15) is 14.0 Å². The standard InChI is InChI=1S/C28H32FN7O2S/c1-28(2,3)22-14-23(35(4)34-22)32-26(38)31-21-13-16(10-11-20(21)29)19-12-17-15-30-27(39-5)33-24(17)36(25(19)37)18-8-6-7-9-18/h10-15,18H,6-9H2,1-5H3,(H2,31,32,38). The molecule has 3 heterocycles. The van der Waals surface area contributed by atoms with Crippen molar-refractivity contribution >= 4 is 40.3 Å². The van der Waals surface area contributed by atoms with Crippen LogP contribution in [0.15, 0.2) is 46.5 Å². The van der Waals surface area contributed by atoms with Crippen LogP contribution in [0.2, 0.25) is 0 Å². The number of rotatable bonds is 5. The van der Waals surface area contributed by atoms with E-state index in [2.05, 4.69) is 25.7 Å². The molecule has 2 amide bonds. The number of nitrogens with one attached hydrogen (secondary N) is 2. The van der Waals surface area contributed by atoms with Crippen LogP contribution in [0.1, 0.15) is 58.2 Å². The Morgan fingerprint density at radius 2 is 1.87 bits per heavy atom. The number of hydrogen-bond donors (Lipinski definition) is 2. The quantitative estimate of drug-likeness (QED) is 0.230. The van der Waals surface area contributed by atoms with Gasteiger partial charge in [0.15, 0.2) is 5.16 Å². The topological polar surface area (TPSA) is 107 Å². The third kappa shape index (κ3) is 5.40. The molecule has 2 N–H and O–H groups in total. The van der Waals surface area contributed by atoms with Crippen LogP contribution >= 0.6 is 11.8 Å². The fourth-order valence-electron chi connectivity index (χ4n) is 4.92. The van der Waals surface area contributed by atoms with Gasteiger partial charge in [-0.3, -0.25) is 19.4 Å². The number of anilines is 2. The van der Waals surface area contributed by atoms with Crippen LogP contribution < -0.4 is 16.2 Å². The molecule has 39 heavy (non-hydrogen) atoms. The smallest absolute Gasteiger partial charge is 0.305 e. The van der Waals surface area contributed by atoms with Gasteiger partial charge in [-0.1, -0.05) is 51.4 Å². The molecule has 5 rings (SSSR count). The van der Waals surface area contributed by atoms with Crippen molar-refractivity contribution in [2.75, 3.05) is 16.9 Å². The molecule has 1 aliphatic rings. The van der Waals surface area contributed by atoms with Crippen molar-refractivity contribution in [1.29, 1.82) is 0 Å². The minimum absolute atomic E-state index is 0.0379. The van der Waals surface area contributed by atoms with Crippen LogP contribution in [0.3, 0.4) is 0 Å². The van der Waals surface area contributed by atoms with E-state index in [-0.39, 0.29) is 22.7 Å². The highest BCUT2D eigenvalue weighted by atomic mass is 32.2. The number of carbonyl (C=O) groups is 1. The third-order valence-electron chi connectivity index (χ3n) is 7.04. The number of carbonyl (C=O) groups excluding carboxylic acids is 1. The van der Waals surface area contributed by atoms with Gasteiger partial charge in [-0.2, -0.15) is 5.10 Å². The highest BCUT2D eigenvalue weighted by Crippen LogP contribution is 2.33. The number of amides is 2. The summed E-state index contributed by atoms with van der Waals surface area (Å²) in [6.07, 6.45) is 7.53. The maximum absolute atomic E-state index is 14.8. The Kier molecular flexibility index (Phi) is 7.19. The van der Waals surface area contributed by atoms with Gasteiger partial charge in [0.1, 0.15) is 17.3 Å². The number of fused-ring (bicyclic) bond motifs is 1. The van der Waals surface area contributed by atoms with Crippen LogP contribution in [0.4, 0.5) is 20.7 Å². The first-order valence-electron chi connectivity index (χ1n) is 12.9. The van der Waals surface area contributed by atoms with Gasteiger partial charge >= 0.3 is 6.03 Å². The summed E-state index contributed by atoms with van der Waals surface area (Å²) in [6.45, 7) is 6.09. The molecule has 4 aromatic rings. The van der Waals surface area contributed by atoms with Crippen LogP contribution in [0.5, 0.6) is 0 Å². The summed E-state index contributed by atoms with van der Waals surface area (Å²) in [6, 6.07) is 7.25. The maximum Gasteiger partial charge on any atom is 0.324 e. The molecule has 9 nitrogen and oxygen atoms in total. The summed E-state index contributed by atoms with van der Waals surface area (Å²) in [5.41, 5.74) is 1.91. The second kappa shape index (κ2) is 10.4. The van der Waals surface area contributed by atoms with Crippen molar-refractivity contribution in [2.24, 2.45) is 7.05 Å². The Morgan fingerprint density at radius 3 is 2.54 bits per heavy atom. The van der Waals surface area contributed by atoms with Crippen molar-refractivity contribution in [3.63, 3.8) is 0 Å². The third-order valence-corrected chi connectivity index (χ3v) is 7.60. The SMILES string of the molecule is CSc1ncc2cc(-c3ccc(F)c(NC(=O)Nc4cc(C(C)(C)C)nn4C)c3)c(=O)n(C3CCCC3)c2n1. The number of pyridine rings is 1. The van der Waals surface area contributed by atoms with Gasteiger partial charge < -0.3 is 5.32 Å². The van der Waals surface area contributed by atoms with Gasteiger partial charge in [-0.25, -0.2) is 19.2 Å². The highest BCUT2D eigenvalue weighted by molar-refractivity contribution is 7.98. The molecular weight excluding hydrogens is 517 g/mol. The molecule has 0 saturated heterocycles. The Hall–Kier alpha value is -3.73. The lowest BCUT2D eigenvalue weighted by Gasteiger charge is -2.18. The molecular formula is C28H32FN7O2S. The first kappa shape index (κ1) is 26.9. The summed E-state index contributed by atoms with van der Waals surface area (Å²) in [5.74, 6) is -0.133. The molecule has 0 unspecified atom stereocenters. The summed E-state index contributed by atoms with van der Waals surface area (Å²) >= 11 is 1.42. The first-order valence-corrected chi connectivity index (χ1v) is 14.2. The molecule has 0 bridgehead atoms. The minimum Gasteiger partial charge on any atom is -0.305 e. The van der Waals surface area contributed by atoms with E-state index in [4.69, 9.17) is 0 Å². The molecule has 0 radical (unpaired) electrons. The van der Waals surface area contributed by atoms with Crippen LogP contribution in [-0.4, -0.2) is 36.6 Å². The van der Waals surface area contributed by atoms with Crippen LogP contribution in [0, 0.1) is 5.82 Å². The van der Waals surface area contributed by atoms with Crippen LogP contribution in [0.25, 0.3) is 22.2 Å². The molecule has 1 aromatic carbocycles. The molecule has 0 spiro atoms. The predicted octanol–water partition coefficient (Wildman–Crippen LogP) is 6.11. The Morgan fingerprint density at radius 1 is 1.13 bits per heavy atom. The number of nitrogens with zero attached hydrogens (tertiary/aromatic N) is 5. The number of halogens is 1. The van der Waals surface area contributed by atoms with E-state index < -0.39 is 11.8 Å². The monoisotopic (exact) mass is 549 g/mol. The zero-order valence-corrected chi connectivity index (χ0v) is 23.5. The van der Waals surface area contributed by atoms with Crippen molar-refractivity contribution in [1.82, 2.24) is 24.3 Å². The second-order valence-electron chi connectivity index (χ2n) is 10.9. The van der Waals surface area contributed by atoms with Gasteiger partial charge in [0, 0.05) is 41.7 Å². The van der Waals surface area contributed by atoms with Crippen molar-refractivity contribution < 1.29 is 9.18 Å². The van der Waals surface area contributed by atoms with E-state index in [1.54, 1.807) is 40.7 Å². The van der Waals surface area contributed by atoms with Crippen molar-refractivity contribution in [3.8, 4) is 11.1 Å². The van der Waals surface area contributed by atoms with Gasteiger partial charge in [0.05, 0.1) is 11.4 Å². The Balaban J connectivity index is 1.50. The molecule has 204 valence electrons. The van der Waals surface area contributed by atoms with Crippen molar-refractivity contribution in [2.45, 2.75) is 63.1 Å². The Bertz CT molecular complexity index is 1620. The van der Waals surface area contributed by atoms with E-state index in [0.29, 0.717) is 27.7 Å². The van der Waals surface area contributed by atoms with E-state index >= 15 is 0 Å². The number of benzene rings is 1. The molecule has 11 heteroatoms. The van der Waals surface area contributed by atoms with Gasteiger partial charge in [-0.05, 0) is 42.9 Å². The summed E-state index contributed by atoms with van der Waals surface area (Å²) in [7, 11) is 1.73. The largest absolute Gasteiger partial charge is 0.324 e. The van der Waals surface area contributed by atoms with E-state index in [0.717, 1.165) is 36.8 Å². The fourth-order valence-corrected chi connectivity index (χ4v) is 5.26. The van der Waals surface area contributed by atoms with Gasteiger partial charge in [0.25, 0.3) is 5.56 Å². The van der Waals surface area contributed by atoms with E-state index in [1.807, 2.05) is 27.0 Å². The predicted molar refractivity (Wildman–Crippen MR) is 153 cm³/mol. The molecule has 0 atom stereocenters. The van der Waals surface area contributed by atoms with E-state index in [1.165, 1.54) is 23.9 Å². The van der Waals surface area contributed by atoms with Gasteiger partial charge in [0.2, 0.25) is 0 Å². The minimum atomic E-state index is -0.616. The lowest BCUT2D eigenvalue weighted by molar-refractivity contribution is 0.262. The fraction of sp³-hybridized carbons (Fsp3) is 0.393. The average molecular weight is 550 g/mol. The molecule has 1 aliphatic carbocycles. The number of urea groups is 1. The second-order valence-corrected chi connectivity index (χ2v) is 11.6. The first-order chi connectivity index (χ1) is 18.5. The van der Waals surface area contributed by atoms with Crippen molar-refractivity contribution in [3.05, 3.63) is 58.4 Å². The highest BCUT2D eigenvalue weighted by Gasteiger charge is 2.24. The molecule has 1 saturated carbocycles. The lowest BCUT2D eigenvalue weighted by Crippen LogP contribution is -2.26. The lowest BCUT2D eigenvalue weighted by atomic mass is 9.92. The van der Waals surface area contributed by atoms with Crippen LogP contribution in [-0.2, 0) is 12.5 Å². The normalized spacial score (nSPS) is 14.2. The summed E-state index contributed by atoms with van der Waals surface area (Å²) in [4.78, 5) is 35.7. The number of aryl methyl sites for hydroxylation is 1. The summed E-state index contributed by atoms with van der Waals surface area (Å²) < 4.78 is 18.2. The molecule has 3 aromatic heterocycles. The molecule has 1 fully saturated rings. The summed E-state index contributed by atoms with van der Waals surface area (Å²) in [5, 5.41) is 11.1. The number of aromatic nitrogens is 5. The molecule has 0 aliphatic heterocycles. The Labute approximate surface area is 230 Å².